The summed E-state index contributed by atoms with van der Waals surface area (Å²) in [6.45, 7) is 0. The van der Waals surface area contributed by atoms with Crippen LogP contribution in [0, 0.1) is 0 Å². The van der Waals surface area contributed by atoms with Gasteiger partial charge in [0.25, 0.3) is 0 Å². The van der Waals surface area contributed by atoms with E-state index in [1.807, 2.05) is 18.2 Å². The van der Waals surface area contributed by atoms with Gasteiger partial charge in [0, 0.05) is 0 Å². The van der Waals surface area contributed by atoms with Crippen LogP contribution >= 0.6 is 0 Å². The highest BCUT2D eigenvalue weighted by molar-refractivity contribution is 5.99. The summed E-state index contributed by atoms with van der Waals surface area (Å²) in [5, 5.41) is 12.4. The molecule has 0 radical (unpaired) electrons. The monoisotopic (exact) mass is 262 g/mol. The third-order valence-corrected chi connectivity index (χ3v) is 3.52. The van der Waals surface area contributed by atoms with Gasteiger partial charge in [0.1, 0.15) is 16.9 Å². The zero-order valence-corrected chi connectivity index (χ0v) is 10.5. The Kier molecular flexibility index (Phi) is 2.12. The van der Waals surface area contributed by atoms with E-state index in [1.165, 1.54) is 0 Å². The SMILES string of the molecule is O=c1c2ccccc2oc2cc3cc(O)ccc3cc12. The number of hydrogen-bond acceptors (Lipinski definition) is 3. The molecule has 1 heterocycles. The summed E-state index contributed by atoms with van der Waals surface area (Å²) in [7, 11) is 0. The second-order valence-electron chi connectivity index (χ2n) is 4.81. The molecule has 4 aromatic rings. The zero-order valence-electron chi connectivity index (χ0n) is 10.5. The van der Waals surface area contributed by atoms with Crippen molar-refractivity contribution in [2.24, 2.45) is 0 Å². The van der Waals surface area contributed by atoms with Gasteiger partial charge in [0.05, 0.1) is 10.8 Å². The van der Waals surface area contributed by atoms with Crippen LogP contribution < -0.4 is 5.43 Å². The Bertz CT molecular complexity index is 1030. The number of benzene rings is 3. The van der Waals surface area contributed by atoms with Crippen LogP contribution in [0.1, 0.15) is 0 Å². The van der Waals surface area contributed by atoms with Crippen molar-refractivity contribution in [3.05, 3.63) is 64.8 Å². The second-order valence-corrected chi connectivity index (χ2v) is 4.81. The van der Waals surface area contributed by atoms with Crippen molar-refractivity contribution in [2.45, 2.75) is 0 Å². The molecule has 3 aromatic carbocycles. The van der Waals surface area contributed by atoms with Crippen LogP contribution in [0.2, 0.25) is 0 Å². The molecule has 0 bridgehead atoms. The van der Waals surface area contributed by atoms with Gasteiger partial charge in [-0.05, 0) is 47.2 Å². The fraction of sp³-hybridized carbons (Fsp3) is 0. The Morgan fingerprint density at radius 2 is 1.65 bits per heavy atom. The van der Waals surface area contributed by atoms with Crippen LogP contribution in [0.25, 0.3) is 32.7 Å². The van der Waals surface area contributed by atoms with Crippen LogP contribution in [0.5, 0.6) is 5.75 Å². The fourth-order valence-electron chi connectivity index (χ4n) is 2.53. The highest BCUT2D eigenvalue weighted by atomic mass is 16.3. The third-order valence-electron chi connectivity index (χ3n) is 3.52. The van der Waals surface area contributed by atoms with Gasteiger partial charge < -0.3 is 9.52 Å². The van der Waals surface area contributed by atoms with Gasteiger partial charge in [-0.3, -0.25) is 4.79 Å². The number of para-hydroxylation sites is 1. The summed E-state index contributed by atoms with van der Waals surface area (Å²) in [4.78, 5) is 12.5. The molecular weight excluding hydrogens is 252 g/mol. The lowest BCUT2D eigenvalue weighted by molar-refractivity contribution is 0.476. The van der Waals surface area contributed by atoms with Gasteiger partial charge in [0.2, 0.25) is 5.43 Å². The van der Waals surface area contributed by atoms with Gasteiger partial charge in [0.15, 0.2) is 0 Å². The Hall–Kier alpha value is -2.81. The maximum Gasteiger partial charge on any atom is 0.200 e. The molecule has 0 aliphatic heterocycles. The summed E-state index contributed by atoms with van der Waals surface area (Å²) in [5.74, 6) is 0.194. The molecule has 20 heavy (non-hydrogen) atoms. The molecular formula is C17H10O3. The standard InChI is InChI=1S/C17H10O3/c18-12-6-5-10-8-14-16(9-11(10)7-12)20-15-4-2-1-3-13(15)17(14)19/h1-9,18H. The van der Waals surface area contributed by atoms with E-state index in [2.05, 4.69) is 0 Å². The van der Waals surface area contributed by atoms with E-state index in [0.29, 0.717) is 21.9 Å². The van der Waals surface area contributed by atoms with Crippen LogP contribution in [-0.2, 0) is 0 Å². The topological polar surface area (TPSA) is 50.4 Å². The van der Waals surface area contributed by atoms with Gasteiger partial charge in [-0.25, -0.2) is 0 Å². The number of aromatic hydroxyl groups is 1. The molecule has 4 rings (SSSR count). The average molecular weight is 262 g/mol. The maximum absolute atomic E-state index is 12.5. The highest BCUT2D eigenvalue weighted by Crippen LogP contribution is 2.26. The van der Waals surface area contributed by atoms with E-state index >= 15 is 0 Å². The predicted molar refractivity (Wildman–Crippen MR) is 79.2 cm³/mol. The summed E-state index contributed by atoms with van der Waals surface area (Å²) in [5.41, 5.74) is 1.08. The first-order valence-electron chi connectivity index (χ1n) is 6.31. The zero-order chi connectivity index (χ0) is 13.7. The molecule has 0 saturated carbocycles. The molecule has 3 nitrogen and oxygen atoms in total. The summed E-state index contributed by atoms with van der Waals surface area (Å²) >= 11 is 0. The molecule has 3 heteroatoms. The van der Waals surface area contributed by atoms with E-state index < -0.39 is 0 Å². The number of rotatable bonds is 0. The minimum absolute atomic E-state index is 0.0307. The van der Waals surface area contributed by atoms with Gasteiger partial charge >= 0.3 is 0 Å². The average Bonchev–Trinajstić information content (AvgIpc) is 2.46. The van der Waals surface area contributed by atoms with E-state index in [1.54, 1.807) is 36.4 Å². The number of phenols is 1. The first kappa shape index (κ1) is 11.1. The Labute approximate surface area is 113 Å². The number of fused-ring (bicyclic) bond motifs is 3. The Morgan fingerprint density at radius 3 is 2.55 bits per heavy atom. The fourth-order valence-corrected chi connectivity index (χ4v) is 2.53. The maximum atomic E-state index is 12.5. The lowest BCUT2D eigenvalue weighted by Crippen LogP contribution is -2.01. The van der Waals surface area contributed by atoms with E-state index in [0.717, 1.165) is 10.8 Å². The highest BCUT2D eigenvalue weighted by Gasteiger charge is 2.08. The normalized spacial score (nSPS) is 11.4. The minimum atomic E-state index is -0.0307. The van der Waals surface area contributed by atoms with Crippen molar-refractivity contribution in [1.29, 1.82) is 0 Å². The Morgan fingerprint density at radius 1 is 0.800 bits per heavy atom. The molecule has 1 N–H and O–H groups in total. The molecule has 0 fully saturated rings. The van der Waals surface area contributed by atoms with Crippen LogP contribution in [0.4, 0.5) is 0 Å². The van der Waals surface area contributed by atoms with Gasteiger partial charge in [-0.1, -0.05) is 18.2 Å². The summed E-state index contributed by atoms with van der Waals surface area (Å²) in [6, 6.07) is 15.9. The first-order chi connectivity index (χ1) is 9.72. The molecule has 0 saturated heterocycles. The lowest BCUT2D eigenvalue weighted by atomic mass is 10.1. The van der Waals surface area contributed by atoms with E-state index in [4.69, 9.17) is 4.42 Å². The molecule has 96 valence electrons. The molecule has 0 spiro atoms. The van der Waals surface area contributed by atoms with Crippen LogP contribution in [0.15, 0.2) is 63.8 Å². The van der Waals surface area contributed by atoms with Crippen molar-refractivity contribution < 1.29 is 9.52 Å². The lowest BCUT2D eigenvalue weighted by Gasteiger charge is -2.04. The van der Waals surface area contributed by atoms with Gasteiger partial charge in [-0.15, -0.1) is 0 Å². The number of phenolic OH excluding ortho intramolecular Hbond substituents is 1. The van der Waals surface area contributed by atoms with Crippen molar-refractivity contribution in [2.75, 3.05) is 0 Å². The van der Waals surface area contributed by atoms with Crippen LogP contribution in [0.3, 0.4) is 0 Å². The van der Waals surface area contributed by atoms with Crippen molar-refractivity contribution in [3.63, 3.8) is 0 Å². The Balaban J connectivity index is 2.25. The second kappa shape index (κ2) is 3.84. The molecule has 0 amide bonds. The molecule has 0 unspecified atom stereocenters. The summed E-state index contributed by atoms with van der Waals surface area (Å²) < 4.78 is 5.79. The molecule has 0 aliphatic carbocycles. The van der Waals surface area contributed by atoms with Crippen molar-refractivity contribution in [3.8, 4) is 5.75 Å². The smallest absolute Gasteiger partial charge is 0.200 e. The summed E-state index contributed by atoms with van der Waals surface area (Å²) in [6.07, 6.45) is 0. The minimum Gasteiger partial charge on any atom is -0.508 e. The quantitative estimate of drug-likeness (QED) is 0.490. The van der Waals surface area contributed by atoms with E-state index in [9.17, 15) is 9.90 Å². The number of hydrogen-bond donors (Lipinski definition) is 1. The molecule has 1 aromatic heterocycles. The van der Waals surface area contributed by atoms with Crippen molar-refractivity contribution >= 4 is 32.7 Å². The predicted octanol–water partition coefficient (Wildman–Crippen LogP) is 3.81. The van der Waals surface area contributed by atoms with Crippen molar-refractivity contribution in [1.82, 2.24) is 0 Å². The molecule has 0 atom stereocenters. The van der Waals surface area contributed by atoms with E-state index in [-0.39, 0.29) is 11.2 Å². The largest absolute Gasteiger partial charge is 0.508 e. The third kappa shape index (κ3) is 1.50. The van der Waals surface area contributed by atoms with Gasteiger partial charge in [-0.2, -0.15) is 0 Å². The first-order valence-corrected chi connectivity index (χ1v) is 6.31. The molecule has 0 aliphatic rings. The van der Waals surface area contributed by atoms with Crippen LogP contribution in [-0.4, -0.2) is 5.11 Å².